The number of aliphatic hydroxyl groups excluding tert-OH is 1. The Hall–Kier alpha value is -1.75. The molecule has 20 heavy (non-hydrogen) atoms. The molecule has 0 saturated heterocycles. The van der Waals surface area contributed by atoms with E-state index in [1.807, 2.05) is 0 Å². The number of nitrogen functional groups attached to an aromatic ring is 1. The SMILES string of the molecule is COc1ccc(C(=O)NCC2CCC(O)CC2)cc1N. The summed E-state index contributed by atoms with van der Waals surface area (Å²) in [4.78, 5) is 12.0. The molecule has 0 radical (unpaired) electrons. The third-order valence-corrected chi connectivity index (χ3v) is 3.86. The Labute approximate surface area is 119 Å². The lowest BCUT2D eigenvalue weighted by atomic mass is 9.87. The van der Waals surface area contributed by atoms with Crippen LogP contribution in [0.4, 0.5) is 5.69 Å². The summed E-state index contributed by atoms with van der Waals surface area (Å²) >= 11 is 0. The van der Waals surface area contributed by atoms with Crippen LogP contribution >= 0.6 is 0 Å². The van der Waals surface area contributed by atoms with E-state index in [1.54, 1.807) is 25.3 Å². The van der Waals surface area contributed by atoms with E-state index in [1.165, 1.54) is 0 Å². The van der Waals surface area contributed by atoms with Crippen molar-refractivity contribution in [3.63, 3.8) is 0 Å². The van der Waals surface area contributed by atoms with Crippen LogP contribution in [0.3, 0.4) is 0 Å². The van der Waals surface area contributed by atoms with Crippen molar-refractivity contribution in [1.82, 2.24) is 5.32 Å². The van der Waals surface area contributed by atoms with Crippen molar-refractivity contribution in [3.05, 3.63) is 23.8 Å². The molecule has 2 rings (SSSR count). The van der Waals surface area contributed by atoms with Gasteiger partial charge in [0.25, 0.3) is 5.91 Å². The van der Waals surface area contributed by atoms with Crippen LogP contribution in [-0.4, -0.2) is 30.8 Å². The number of methoxy groups -OCH3 is 1. The molecule has 0 atom stereocenters. The number of hydrogen-bond donors (Lipinski definition) is 3. The van der Waals surface area contributed by atoms with Gasteiger partial charge in [0.05, 0.1) is 18.9 Å². The smallest absolute Gasteiger partial charge is 0.251 e. The van der Waals surface area contributed by atoms with Gasteiger partial charge in [0.2, 0.25) is 0 Å². The number of anilines is 1. The molecule has 4 N–H and O–H groups in total. The minimum absolute atomic E-state index is 0.120. The predicted octanol–water partition coefficient (Wildman–Crippen LogP) is 1.56. The maximum absolute atomic E-state index is 12.0. The van der Waals surface area contributed by atoms with Crippen molar-refractivity contribution >= 4 is 11.6 Å². The number of ether oxygens (including phenoxy) is 1. The second-order valence-electron chi connectivity index (χ2n) is 5.34. The Morgan fingerprint density at radius 2 is 2.10 bits per heavy atom. The van der Waals surface area contributed by atoms with Gasteiger partial charge in [-0.15, -0.1) is 0 Å². The normalized spacial score (nSPS) is 22.3. The van der Waals surface area contributed by atoms with E-state index in [0.29, 0.717) is 29.5 Å². The number of nitrogens with one attached hydrogen (secondary N) is 1. The van der Waals surface area contributed by atoms with E-state index < -0.39 is 0 Å². The summed E-state index contributed by atoms with van der Waals surface area (Å²) < 4.78 is 5.06. The molecular formula is C15H22N2O3. The molecule has 0 spiro atoms. The van der Waals surface area contributed by atoms with E-state index in [9.17, 15) is 9.90 Å². The zero-order valence-corrected chi connectivity index (χ0v) is 11.8. The van der Waals surface area contributed by atoms with Crippen LogP contribution in [0.15, 0.2) is 18.2 Å². The van der Waals surface area contributed by atoms with Crippen LogP contribution in [0, 0.1) is 5.92 Å². The predicted molar refractivity (Wildman–Crippen MR) is 77.7 cm³/mol. The van der Waals surface area contributed by atoms with Gasteiger partial charge in [-0.05, 0) is 49.8 Å². The van der Waals surface area contributed by atoms with Crippen LogP contribution < -0.4 is 15.8 Å². The number of carbonyl (C=O) groups excluding carboxylic acids is 1. The summed E-state index contributed by atoms with van der Waals surface area (Å²) in [6.45, 7) is 0.650. The Balaban J connectivity index is 1.87. The first-order chi connectivity index (χ1) is 9.60. The highest BCUT2D eigenvalue weighted by atomic mass is 16.5. The van der Waals surface area contributed by atoms with Gasteiger partial charge in [0, 0.05) is 12.1 Å². The minimum Gasteiger partial charge on any atom is -0.495 e. The number of aliphatic hydroxyl groups is 1. The molecule has 1 aliphatic carbocycles. The number of benzene rings is 1. The fourth-order valence-electron chi connectivity index (χ4n) is 2.56. The number of amides is 1. The quantitative estimate of drug-likeness (QED) is 0.730. The highest BCUT2D eigenvalue weighted by molar-refractivity contribution is 5.95. The maximum atomic E-state index is 12.0. The van der Waals surface area contributed by atoms with Gasteiger partial charge in [-0.25, -0.2) is 0 Å². The van der Waals surface area contributed by atoms with Crippen molar-refractivity contribution in [3.8, 4) is 5.75 Å². The van der Waals surface area contributed by atoms with Crippen LogP contribution in [0.2, 0.25) is 0 Å². The highest BCUT2D eigenvalue weighted by Crippen LogP contribution is 2.24. The molecule has 1 aromatic carbocycles. The first-order valence-corrected chi connectivity index (χ1v) is 7.00. The Bertz CT molecular complexity index is 468. The number of nitrogens with two attached hydrogens (primary N) is 1. The van der Waals surface area contributed by atoms with Crippen LogP contribution in [-0.2, 0) is 0 Å². The lowest BCUT2D eigenvalue weighted by Crippen LogP contribution is -2.32. The van der Waals surface area contributed by atoms with Crippen molar-refractivity contribution in [2.24, 2.45) is 5.92 Å². The Morgan fingerprint density at radius 1 is 1.40 bits per heavy atom. The highest BCUT2D eigenvalue weighted by Gasteiger charge is 2.20. The standard InChI is InChI=1S/C15H22N2O3/c1-20-14-7-4-11(8-13(14)16)15(19)17-9-10-2-5-12(18)6-3-10/h4,7-8,10,12,18H,2-3,5-6,9,16H2,1H3,(H,17,19). The fraction of sp³-hybridized carbons (Fsp3) is 0.533. The maximum Gasteiger partial charge on any atom is 0.251 e. The molecule has 0 unspecified atom stereocenters. The van der Waals surface area contributed by atoms with Crippen molar-refractivity contribution in [1.29, 1.82) is 0 Å². The molecule has 1 amide bonds. The largest absolute Gasteiger partial charge is 0.495 e. The molecule has 0 aliphatic heterocycles. The number of rotatable bonds is 4. The zero-order valence-electron chi connectivity index (χ0n) is 11.8. The van der Waals surface area contributed by atoms with Crippen LogP contribution in [0.1, 0.15) is 36.0 Å². The van der Waals surface area contributed by atoms with Gasteiger partial charge in [-0.2, -0.15) is 0 Å². The third-order valence-electron chi connectivity index (χ3n) is 3.86. The monoisotopic (exact) mass is 278 g/mol. The number of hydrogen-bond acceptors (Lipinski definition) is 4. The summed E-state index contributed by atoms with van der Waals surface area (Å²) in [5, 5.41) is 12.4. The van der Waals surface area contributed by atoms with E-state index in [0.717, 1.165) is 25.7 Å². The first kappa shape index (κ1) is 14.7. The molecule has 0 heterocycles. The molecule has 5 heteroatoms. The van der Waals surface area contributed by atoms with E-state index >= 15 is 0 Å². The molecule has 1 fully saturated rings. The van der Waals surface area contributed by atoms with Crippen LogP contribution in [0.25, 0.3) is 0 Å². The first-order valence-electron chi connectivity index (χ1n) is 7.00. The van der Waals surface area contributed by atoms with Gasteiger partial charge in [-0.1, -0.05) is 0 Å². The second kappa shape index (κ2) is 6.61. The molecule has 0 bridgehead atoms. The molecular weight excluding hydrogens is 256 g/mol. The molecule has 5 nitrogen and oxygen atoms in total. The van der Waals surface area contributed by atoms with Crippen molar-refractivity contribution in [2.75, 3.05) is 19.4 Å². The zero-order chi connectivity index (χ0) is 14.5. The van der Waals surface area contributed by atoms with Gasteiger partial charge < -0.3 is 20.9 Å². The number of carbonyl (C=O) groups is 1. The molecule has 1 aliphatic rings. The van der Waals surface area contributed by atoms with Gasteiger partial charge in [-0.3, -0.25) is 4.79 Å². The average molecular weight is 278 g/mol. The fourth-order valence-corrected chi connectivity index (χ4v) is 2.56. The molecule has 0 aromatic heterocycles. The van der Waals surface area contributed by atoms with Crippen molar-refractivity contribution < 1.29 is 14.6 Å². The molecule has 110 valence electrons. The van der Waals surface area contributed by atoms with E-state index in [2.05, 4.69) is 5.32 Å². The third kappa shape index (κ3) is 3.63. The molecule has 1 saturated carbocycles. The average Bonchev–Trinajstić information content (AvgIpc) is 2.46. The lowest BCUT2D eigenvalue weighted by molar-refractivity contribution is 0.0910. The second-order valence-corrected chi connectivity index (χ2v) is 5.34. The topological polar surface area (TPSA) is 84.6 Å². The minimum atomic E-state index is -0.164. The summed E-state index contributed by atoms with van der Waals surface area (Å²) in [6, 6.07) is 5.02. The van der Waals surface area contributed by atoms with Crippen LogP contribution in [0.5, 0.6) is 5.75 Å². The van der Waals surface area contributed by atoms with Gasteiger partial charge in [0.1, 0.15) is 5.75 Å². The lowest BCUT2D eigenvalue weighted by Gasteiger charge is -2.25. The summed E-state index contributed by atoms with van der Waals surface area (Å²) in [5.74, 6) is 0.909. The van der Waals surface area contributed by atoms with Gasteiger partial charge >= 0.3 is 0 Å². The molecule has 1 aromatic rings. The Morgan fingerprint density at radius 3 is 2.70 bits per heavy atom. The Kier molecular flexibility index (Phi) is 4.84. The summed E-state index contributed by atoms with van der Waals surface area (Å²) in [7, 11) is 1.54. The van der Waals surface area contributed by atoms with Crippen molar-refractivity contribution in [2.45, 2.75) is 31.8 Å². The van der Waals surface area contributed by atoms with Gasteiger partial charge in [0.15, 0.2) is 0 Å². The van der Waals surface area contributed by atoms with E-state index in [4.69, 9.17) is 10.5 Å². The summed E-state index contributed by atoms with van der Waals surface area (Å²) in [5.41, 5.74) is 6.79. The van der Waals surface area contributed by atoms with E-state index in [-0.39, 0.29) is 12.0 Å². The summed E-state index contributed by atoms with van der Waals surface area (Å²) in [6.07, 6.45) is 3.42.